The van der Waals surface area contributed by atoms with Crippen LogP contribution in [0.25, 0.3) is 0 Å². The summed E-state index contributed by atoms with van der Waals surface area (Å²) in [6.07, 6.45) is 2.73. The molecular weight excluding hydrogens is 264 g/mol. The minimum atomic E-state index is -1.67. The lowest BCUT2D eigenvalue weighted by atomic mass is 10.1. The Morgan fingerprint density at radius 1 is 1.41 bits per heavy atom. The molecule has 90 valence electrons. The highest BCUT2D eigenvalue weighted by Gasteiger charge is 2.27. The smallest absolute Gasteiger partial charge is 0.204 e. The van der Waals surface area contributed by atoms with Crippen LogP contribution >= 0.6 is 23.2 Å². The monoisotopic (exact) mass is 273 g/mol. The van der Waals surface area contributed by atoms with E-state index in [1.807, 2.05) is 0 Å². The van der Waals surface area contributed by atoms with Crippen molar-refractivity contribution in [3.63, 3.8) is 0 Å². The molecular formula is C11H10Cl2FN3. The van der Waals surface area contributed by atoms with Crippen molar-refractivity contribution in [1.29, 1.82) is 0 Å². The van der Waals surface area contributed by atoms with Crippen LogP contribution in [0.5, 0.6) is 0 Å². The van der Waals surface area contributed by atoms with Crippen LogP contribution in [0.1, 0.15) is 12.5 Å². The van der Waals surface area contributed by atoms with Crippen molar-refractivity contribution >= 4 is 23.2 Å². The van der Waals surface area contributed by atoms with E-state index in [9.17, 15) is 4.39 Å². The minimum Gasteiger partial charge on any atom is -0.223 e. The Hall–Kier alpha value is -1.13. The summed E-state index contributed by atoms with van der Waals surface area (Å²) in [5.41, 5.74) is 0.677. The van der Waals surface area contributed by atoms with E-state index in [0.29, 0.717) is 15.6 Å². The van der Waals surface area contributed by atoms with Crippen molar-refractivity contribution in [1.82, 2.24) is 14.8 Å². The van der Waals surface area contributed by atoms with Gasteiger partial charge in [0, 0.05) is 16.5 Å². The molecule has 1 aromatic heterocycles. The summed E-state index contributed by atoms with van der Waals surface area (Å²) in [5, 5.41) is 4.77. The molecule has 0 amide bonds. The molecule has 0 aliphatic carbocycles. The van der Waals surface area contributed by atoms with Gasteiger partial charge in [0.2, 0.25) is 5.79 Å². The van der Waals surface area contributed by atoms with Crippen LogP contribution in [0.3, 0.4) is 0 Å². The van der Waals surface area contributed by atoms with Gasteiger partial charge in [-0.05, 0) is 24.6 Å². The van der Waals surface area contributed by atoms with Gasteiger partial charge in [0.15, 0.2) is 0 Å². The number of hydrogen-bond acceptors (Lipinski definition) is 2. The molecule has 0 aliphatic heterocycles. The van der Waals surface area contributed by atoms with E-state index in [2.05, 4.69) is 10.1 Å². The number of rotatable bonds is 3. The van der Waals surface area contributed by atoms with Crippen LogP contribution in [0.15, 0.2) is 30.9 Å². The van der Waals surface area contributed by atoms with Crippen LogP contribution < -0.4 is 0 Å². The molecule has 17 heavy (non-hydrogen) atoms. The molecule has 0 bridgehead atoms. The van der Waals surface area contributed by atoms with Crippen molar-refractivity contribution in [2.24, 2.45) is 0 Å². The van der Waals surface area contributed by atoms with Crippen molar-refractivity contribution in [2.75, 3.05) is 0 Å². The fraction of sp³-hybridized carbons (Fsp3) is 0.273. The minimum absolute atomic E-state index is 0.104. The molecule has 1 heterocycles. The van der Waals surface area contributed by atoms with Gasteiger partial charge in [0.1, 0.15) is 12.7 Å². The van der Waals surface area contributed by atoms with Gasteiger partial charge in [0.05, 0.1) is 0 Å². The Morgan fingerprint density at radius 2 is 2.18 bits per heavy atom. The van der Waals surface area contributed by atoms with Crippen molar-refractivity contribution < 1.29 is 4.39 Å². The third-order valence-electron chi connectivity index (χ3n) is 2.42. The molecule has 0 saturated heterocycles. The molecule has 1 unspecified atom stereocenters. The largest absolute Gasteiger partial charge is 0.223 e. The first-order chi connectivity index (χ1) is 7.99. The molecule has 6 heteroatoms. The second-order valence-electron chi connectivity index (χ2n) is 3.89. The lowest BCUT2D eigenvalue weighted by Crippen LogP contribution is -2.28. The molecule has 0 saturated carbocycles. The van der Waals surface area contributed by atoms with Gasteiger partial charge >= 0.3 is 0 Å². The summed E-state index contributed by atoms with van der Waals surface area (Å²) in [6.45, 7) is 1.42. The Balaban J connectivity index is 2.26. The highest BCUT2D eigenvalue weighted by atomic mass is 35.5. The third kappa shape index (κ3) is 2.76. The number of nitrogens with zero attached hydrogens (tertiary/aromatic N) is 3. The summed E-state index contributed by atoms with van der Waals surface area (Å²) in [7, 11) is 0. The van der Waals surface area contributed by atoms with E-state index >= 15 is 0 Å². The first-order valence-electron chi connectivity index (χ1n) is 4.97. The first-order valence-corrected chi connectivity index (χ1v) is 5.72. The van der Waals surface area contributed by atoms with E-state index in [1.54, 1.807) is 18.2 Å². The fourth-order valence-corrected chi connectivity index (χ4v) is 2.02. The first kappa shape index (κ1) is 12.3. The molecule has 2 rings (SSSR count). The maximum atomic E-state index is 14.4. The quantitative estimate of drug-likeness (QED) is 0.858. The Bertz CT molecular complexity index is 511. The van der Waals surface area contributed by atoms with Gasteiger partial charge in [-0.1, -0.05) is 29.3 Å². The number of alkyl halides is 1. The molecule has 1 aromatic carbocycles. The molecule has 2 aromatic rings. The topological polar surface area (TPSA) is 30.7 Å². The summed E-state index contributed by atoms with van der Waals surface area (Å²) in [4.78, 5) is 3.72. The predicted molar refractivity (Wildman–Crippen MR) is 64.9 cm³/mol. The van der Waals surface area contributed by atoms with Crippen LogP contribution in [-0.4, -0.2) is 14.8 Å². The normalized spacial score (nSPS) is 14.6. The average Bonchev–Trinajstić information content (AvgIpc) is 2.76. The van der Waals surface area contributed by atoms with E-state index in [4.69, 9.17) is 23.2 Å². The lowest BCUT2D eigenvalue weighted by Gasteiger charge is -2.21. The highest BCUT2D eigenvalue weighted by molar-refractivity contribution is 6.35. The zero-order valence-electron chi connectivity index (χ0n) is 9.07. The van der Waals surface area contributed by atoms with E-state index in [-0.39, 0.29) is 6.42 Å². The van der Waals surface area contributed by atoms with Gasteiger partial charge in [-0.3, -0.25) is 0 Å². The second-order valence-corrected chi connectivity index (χ2v) is 4.74. The van der Waals surface area contributed by atoms with Crippen LogP contribution in [-0.2, 0) is 12.2 Å². The molecule has 3 nitrogen and oxygen atoms in total. The zero-order valence-corrected chi connectivity index (χ0v) is 10.6. The lowest BCUT2D eigenvalue weighted by molar-refractivity contribution is 0.0774. The predicted octanol–water partition coefficient (Wildman–Crippen LogP) is 3.47. The summed E-state index contributed by atoms with van der Waals surface area (Å²) in [5.74, 6) is -1.67. The van der Waals surface area contributed by atoms with Crippen molar-refractivity contribution in [3.05, 3.63) is 46.5 Å². The maximum absolute atomic E-state index is 14.4. The van der Waals surface area contributed by atoms with E-state index < -0.39 is 5.79 Å². The standard InChI is InChI=1S/C11H10Cl2FN3/c1-11(14,17-7-15-6-16-17)5-8-2-3-9(12)4-10(8)13/h2-4,6-7H,5H2,1H3. The summed E-state index contributed by atoms with van der Waals surface area (Å²) < 4.78 is 15.6. The second kappa shape index (κ2) is 4.63. The molecule has 1 atom stereocenters. The number of aromatic nitrogens is 3. The molecule has 0 aliphatic rings. The Kier molecular flexibility index (Phi) is 3.35. The Morgan fingerprint density at radius 3 is 2.76 bits per heavy atom. The number of halogens is 3. The van der Waals surface area contributed by atoms with Gasteiger partial charge in [0.25, 0.3) is 0 Å². The van der Waals surface area contributed by atoms with Crippen LogP contribution in [0.4, 0.5) is 4.39 Å². The highest BCUT2D eigenvalue weighted by Crippen LogP contribution is 2.28. The van der Waals surface area contributed by atoms with E-state index in [0.717, 1.165) is 4.68 Å². The van der Waals surface area contributed by atoms with Gasteiger partial charge in [-0.15, -0.1) is 0 Å². The summed E-state index contributed by atoms with van der Waals surface area (Å²) in [6, 6.07) is 4.98. The number of benzene rings is 1. The molecule has 0 spiro atoms. The third-order valence-corrected chi connectivity index (χ3v) is 3.01. The maximum Gasteiger partial charge on any atom is 0.204 e. The fourth-order valence-electron chi connectivity index (χ4n) is 1.54. The molecule has 0 radical (unpaired) electrons. The Labute approximate surface area is 108 Å². The van der Waals surface area contributed by atoms with Crippen LogP contribution in [0.2, 0.25) is 10.0 Å². The summed E-state index contributed by atoms with van der Waals surface area (Å²) >= 11 is 11.8. The van der Waals surface area contributed by atoms with Crippen molar-refractivity contribution in [2.45, 2.75) is 19.1 Å². The van der Waals surface area contributed by atoms with Gasteiger partial charge < -0.3 is 0 Å². The number of hydrogen-bond donors (Lipinski definition) is 0. The average molecular weight is 274 g/mol. The van der Waals surface area contributed by atoms with Gasteiger partial charge in [-0.25, -0.2) is 14.1 Å². The SMILES string of the molecule is CC(F)(Cc1ccc(Cl)cc1Cl)n1cncn1. The van der Waals surface area contributed by atoms with Gasteiger partial charge in [-0.2, -0.15) is 5.10 Å². The zero-order chi connectivity index (χ0) is 12.5. The molecule has 0 fully saturated rings. The van der Waals surface area contributed by atoms with Crippen LogP contribution in [0, 0.1) is 0 Å². The van der Waals surface area contributed by atoms with E-state index in [1.165, 1.54) is 19.6 Å². The van der Waals surface area contributed by atoms with Crippen molar-refractivity contribution in [3.8, 4) is 0 Å². The molecule has 0 N–H and O–H groups in total.